The van der Waals surface area contributed by atoms with Gasteiger partial charge in [0.05, 0.1) is 11.6 Å². The fraction of sp³-hybridized carbons (Fsp3) is 0.300. The van der Waals surface area contributed by atoms with Crippen molar-refractivity contribution in [3.63, 3.8) is 0 Å². The van der Waals surface area contributed by atoms with Crippen molar-refractivity contribution >= 4 is 5.91 Å². The monoisotopic (exact) mass is 380 g/mol. The van der Waals surface area contributed by atoms with Crippen molar-refractivity contribution < 1.29 is 19.2 Å². The molecule has 1 fully saturated rings. The molecule has 0 unspecified atom stereocenters. The number of aromatic nitrogens is 3. The molecule has 1 aliphatic rings. The number of ether oxygens (including phenoxy) is 1. The molecule has 1 saturated heterocycles. The number of amides is 1. The number of para-hydroxylation sites is 1. The van der Waals surface area contributed by atoms with Crippen LogP contribution in [0.3, 0.4) is 0 Å². The summed E-state index contributed by atoms with van der Waals surface area (Å²) in [5.41, 5.74) is 0.609. The first-order chi connectivity index (χ1) is 13.7. The highest BCUT2D eigenvalue weighted by Crippen LogP contribution is 2.31. The Morgan fingerprint density at radius 3 is 2.86 bits per heavy atom. The molecule has 0 saturated carbocycles. The quantitative estimate of drug-likeness (QED) is 0.726. The van der Waals surface area contributed by atoms with E-state index in [-0.39, 0.29) is 24.4 Å². The average Bonchev–Trinajstić information content (AvgIpc) is 3.23. The molecular weight excluding hydrogens is 360 g/mol. The van der Waals surface area contributed by atoms with Crippen LogP contribution in [0.1, 0.15) is 31.1 Å². The van der Waals surface area contributed by atoms with Crippen LogP contribution >= 0.6 is 0 Å². The summed E-state index contributed by atoms with van der Waals surface area (Å²) in [6.45, 7) is 0.597. The Bertz CT molecular complexity index is 927. The van der Waals surface area contributed by atoms with Gasteiger partial charge in [0.1, 0.15) is 5.75 Å². The number of benzene rings is 1. The Morgan fingerprint density at radius 1 is 1.21 bits per heavy atom. The summed E-state index contributed by atoms with van der Waals surface area (Å²) in [6.07, 6.45) is 4.15. The van der Waals surface area contributed by atoms with Crippen LogP contribution in [0.25, 0.3) is 11.5 Å². The van der Waals surface area contributed by atoms with E-state index in [1.54, 1.807) is 11.0 Å². The zero-order valence-corrected chi connectivity index (χ0v) is 15.2. The molecule has 8 nitrogen and oxygen atoms in total. The maximum atomic E-state index is 12.7. The first kappa shape index (κ1) is 18.0. The van der Waals surface area contributed by atoms with Crippen molar-refractivity contribution in [3.8, 4) is 23.1 Å². The lowest BCUT2D eigenvalue weighted by Gasteiger charge is -2.33. The Labute approximate surface area is 161 Å². The van der Waals surface area contributed by atoms with E-state index in [0.29, 0.717) is 29.6 Å². The van der Waals surface area contributed by atoms with Gasteiger partial charge in [-0.25, -0.2) is 4.98 Å². The largest absolute Gasteiger partial charge is 0.493 e. The van der Waals surface area contributed by atoms with Gasteiger partial charge in [-0.15, -0.1) is 0 Å². The zero-order chi connectivity index (χ0) is 19.3. The molecule has 2 aromatic heterocycles. The second-order valence-corrected chi connectivity index (χ2v) is 6.56. The van der Waals surface area contributed by atoms with Gasteiger partial charge in [0.2, 0.25) is 5.88 Å². The van der Waals surface area contributed by atoms with Crippen LogP contribution in [0, 0.1) is 0 Å². The van der Waals surface area contributed by atoms with Crippen LogP contribution in [-0.4, -0.2) is 44.2 Å². The molecule has 144 valence electrons. The van der Waals surface area contributed by atoms with Crippen LogP contribution in [0.5, 0.6) is 11.6 Å². The molecule has 0 spiro atoms. The third-order valence-corrected chi connectivity index (χ3v) is 4.66. The third kappa shape index (κ3) is 3.95. The van der Waals surface area contributed by atoms with E-state index >= 15 is 0 Å². The lowest BCUT2D eigenvalue weighted by atomic mass is 10.0. The van der Waals surface area contributed by atoms with Crippen molar-refractivity contribution in [2.24, 2.45) is 0 Å². The number of nitrogens with zero attached hydrogens (tertiary/aromatic N) is 4. The molecule has 1 amide bonds. The number of piperidine rings is 1. The fourth-order valence-corrected chi connectivity index (χ4v) is 3.24. The minimum atomic E-state index is -0.247. The molecule has 0 aliphatic carbocycles. The predicted octanol–water partition coefficient (Wildman–Crippen LogP) is 2.97. The summed E-state index contributed by atoms with van der Waals surface area (Å²) in [4.78, 5) is 22.8. The molecule has 1 aromatic carbocycles. The summed E-state index contributed by atoms with van der Waals surface area (Å²) in [5.74, 6) is 1.25. The summed E-state index contributed by atoms with van der Waals surface area (Å²) >= 11 is 0. The van der Waals surface area contributed by atoms with E-state index in [0.717, 1.165) is 19.3 Å². The van der Waals surface area contributed by atoms with Gasteiger partial charge in [0, 0.05) is 18.8 Å². The minimum Gasteiger partial charge on any atom is -0.493 e. The third-order valence-electron chi connectivity index (χ3n) is 4.66. The molecule has 1 aliphatic heterocycles. The minimum absolute atomic E-state index is 0.0346. The number of likely N-dealkylation sites (tertiary alicyclic amines) is 1. The predicted molar refractivity (Wildman–Crippen MR) is 99.4 cm³/mol. The van der Waals surface area contributed by atoms with E-state index in [1.165, 1.54) is 12.3 Å². The molecule has 28 heavy (non-hydrogen) atoms. The standard InChI is InChI=1S/C20H20N4O4/c25-17-10-9-14(12-21-17)20-22-19(23-28-20)16-8-4-5-11-24(16)18(26)13-27-15-6-2-1-3-7-15/h1-3,6-7,9-10,12,16H,4-5,8,11,13H2,(H,21,25)/t16-/m1/s1. The lowest BCUT2D eigenvalue weighted by molar-refractivity contribution is -0.137. The summed E-state index contributed by atoms with van der Waals surface area (Å²) in [5, 5.41) is 13.4. The highest BCUT2D eigenvalue weighted by Gasteiger charge is 2.31. The molecular formula is C20H20N4O4. The number of rotatable bonds is 5. The number of hydrogen-bond donors (Lipinski definition) is 1. The maximum Gasteiger partial charge on any atom is 0.261 e. The van der Waals surface area contributed by atoms with Crippen LogP contribution in [-0.2, 0) is 4.79 Å². The van der Waals surface area contributed by atoms with Gasteiger partial charge in [-0.2, -0.15) is 4.98 Å². The summed E-state index contributed by atoms with van der Waals surface area (Å²) < 4.78 is 11.0. The number of carbonyl (C=O) groups excluding carboxylic acids is 1. The zero-order valence-electron chi connectivity index (χ0n) is 15.2. The van der Waals surface area contributed by atoms with Crippen LogP contribution in [0.2, 0.25) is 0 Å². The average molecular weight is 380 g/mol. The van der Waals surface area contributed by atoms with E-state index in [9.17, 15) is 9.90 Å². The molecule has 1 N–H and O–H groups in total. The van der Waals surface area contributed by atoms with Crippen LogP contribution < -0.4 is 4.74 Å². The highest BCUT2D eigenvalue weighted by molar-refractivity contribution is 5.78. The van der Waals surface area contributed by atoms with Gasteiger partial charge in [-0.1, -0.05) is 23.4 Å². The van der Waals surface area contributed by atoms with E-state index < -0.39 is 0 Å². The molecule has 3 heterocycles. The second kappa shape index (κ2) is 8.08. The first-order valence-corrected chi connectivity index (χ1v) is 9.17. The smallest absolute Gasteiger partial charge is 0.261 e. The Balaban J connectivity index is 1.47. The van der Waals surface area contributed by atoms with E-state index in [4.69, 9.17) is 9.26 Å². The van der Waals surface area contributed by atoms with Crippen LogP contribution in [0.4, 0.5) is 0 Å². The Kier molecular flexibility index (Phi) is 5.18. The van der Waals surface area contributed by atoms with Gasteiger partial charge < -0.3 is 19.3 Å². The highest BCUT2D eigenvalue weighted by atomic mass is 16.5. The van der Waals surface area contributed by atoms with Crippen molar-refractivity contribution in [1.82, 2.24) is 20.0 Å². The van der Waals surface area contributed by atoms with Gasteiger partial charge in [0.15, 0.2) is 12.4 Å². The molecule has 0 radical (unpaired) electrons. The van der Waals surface area contributed by atoms with Crippen LogP contribution in [0.15, 0.2) is 53.2 Å². The fourth-order valence-electron chi connectivity index (χ4n) is 3.24. The number of carbonyl (C=O) groups is 1. The van der Waals surface area contributed by atoms with E-state index in [2.05, 4.69) is 15.1 Å². The lowest BCUT2D eigenvalue weighted by Crippen LogP contribution is -2.41. The molecule has 1 atom stereocenters. The van der Waals surface area contributed by atoms with Crippen molar-refractivity contribution in [3.05, 3.63) is 54.5 Å². The SMILES string of the molecule is O=C(COc1ccccc1)N1CCCC[C@@H]1c1noc(-c2ccc(O)nc2)n1. The van der Waals surface area contributed by atoms with Crippen molar-refractivity contribution in [1.29, 1.82) is 0 Å². The van der Waals surface area contributed by atoms with Gasteiger partial charge in [-0.3, -0.25) is 4.79 Å². The topological polar surface area (TPSA) is 102 Å². The molecule has 8 heteroatoms. The molecule has 4 rings (SSSR count). The number of aromatic hydroxyl groups is 1. The summed E-state index contributed by atoms with van der Waals surface area (Å²) in [7, 11) is 0. The normalized spacial score (nSPS) is 16.7. The number of hydrogen-bond acceptors (Lipinski definition) is 7. The molecule has 0 bridgehead atoms. The van der Waals surface area contributed by atoms with Gasteiger partial charge in [0.25, 0.3) is 11.8 Å². The number of pyridine rings is 1. The summed E-state index contributed by atoms with van der Waals surface area (Å²) in [6, 6.07) is 12.1. The molecule has 3 aromatic rings. The van der Waals surface area contributed by atoms with Gasteiger partial charge >= 0.3 is 0 Å². The maximum absolute atomic E-state index is 12.7. The Hall–Kier alpha value is -3.42. The van der Waals surface area contributed by atoms with Gasteiger partial charge in [-0.05, 0) is 37.5 Å². The second-order valence-electron chi connectivity index (χ2n) is 6.56. The first-order valence-electron chi connectivity index (χ1n) is 9.17. The Morgan fingerprint density at radius 2 is 2.07 bits per heavy atom. The van der Waals surface area contributed by atoms with E-state index in [1.807, 2.05) is 30.3 Å². The van der Waals surface area contributed by atoms with Crippen molar-refractivity contribution in [2.75, 3.05) is 13.2 Å². The van der Waals surface area contributed by atoms with Crippen molar-refractivity contribution in [2.45, 2.75) is 25.3 Å².